The normalized spacial score (nSPS) is 14.4. The zero-order chi connectivity index (χ0) is 16.4. The first-order valence-electron chi connectivity index (χ1n) is 6.42. The molecule has 0 spiro atoms. The minimum atomic E-state index is -4.43. The van der Waals surface area contributed by atoms with Crippen LogP contribution in [0.3, 0.4) is 0 Å². The highest BCUT2D eigenvalue weighted by Gasteiger charge is 2.30. The van der Waals surface area contributed by atoms with Crippen molar-refractivity contribution < 1.29 is 23.1 Å². The average molecular weight is 329 g/mol. The molecule has 0 aliphatic rings. The summed E-state index contributed by atoms with van der Waals surface area (Å²) in [6, 6.07) is 7.45. The van der Waals surface area contributed by atoms with E-state index < -0.39 is 23.2 Å². The lowest BCUT2D eigenvalue weighted by Crippen LogP contribution is -2.38. The van der Waals surface area contributed by atoms with Crippen molar-refractivity contribution >= 4 is 17.2 Å². The third-order valence-corrected chi connectivity index (χ3v) is 4.24. The molecule has 0 saturated carbocycles. The first-order chi connectivity index (χ1) is 10.2. The van der Waals surface area contributed by atoms with E-state index in [4.69, 9.17) is 0 Å². The van der Waals surface area contributed by atoms with Crippen LogP contribution in [-0.4, -0.2) is 17.6 Å². The maximum Gasteiger partial charge on any atom is 0.416 e. The maximum absolute atomic E-state index is 12.4. The number of alkyl halides is 3. The molecule has 0 fully saturated rings. The molecule has 1 aromatic heterocycles. The third-order valence-electron chi connectivity index (χ3n) is 3.12. The van der Waals surface area contributed by atoms with Crippen molar-refractivity contribution in [3.8, 4) is 0 Å². The minimum Gasteiger partial charge on any atom is -0.383 e. The van der Waals surface area contributed by atoms with Crippen molar-refractivity contribution in [1.82, 2.24) is 5.32 Å². The molecule has 3 nitrogen and oxygen atoms in total. The van der Waals surface area contributed by atoms with Gasteiger partial charge < -0.3 is 10.4 Å². The molecule has 0 saturated heterocycles. The van der Waals surface area contributed by atoms with Crippen molar-refractivity contribution in [2.75, 3.05) is 6.54 Å². The van der Waals surface area contributed by atoms with E-state index in [0.717, 1.165) is 24.3 Å². The summed E-state index contributed by atoms with van der Waals surface area (Å²) in [5.41, 5.74) is -1.93. The third kappa shape index (κ3) is 3.86. The number of aliphatic hydroxyl groups is 1. The summed E-state index contributed by atoms with van der Waals surface area (Å²) < 4.78 is 37.3. The van der Waals surface area contributed by atoms with Gasteiger partial charge in [0.15, 0.2) is 0 Å². The zero-order valence-electron chi connectivity index (χ0n) is 11.6. The number of hydrogen-bond donors (Lipinski definition) is 2. The summed E-state index contributed by atoms with van der Waals surface area (Å²) in [4.78, 5) is 12.6. The predicted molar refractivity (Wildman–Crippen MR) is 77.7 cm³/mol. The fraction of sp³-hybridized carbons (Fsp3) is 0.267. The predicted octanol–water partition coefficient (Wildman–Crippen LogP) is 3.40. The summed E-state index contributed by atoms with van der Waals surface area (Å²) in [7, 11) is 0. The van der Waals surface area contributed by atoms with E-state index in [-0.39, 0.29) is 12.1 Å². The van der Waals surface area contributed by atoms with E-state index in [1.807, 2.05) is 5.38 Å². The summed E-state index contributed by atoms with van der Waals surface area (Å²) in [5.74, 6) is -0.537. The van der Waals surface area contributed by atoms with Gasteiger partial charge in [0.25, 0.3) is 5.91 Å². The van der Waals surface area contributed by atoms with E-state index in [9.17, 15) is 23.1 Å². The van der Waals surface area contributed by atoms with E-state index in [2.05, 4.69) is 5.32 Å². The molecular formula is C15H14F3NO2S. The smallest absolute Gasteiger partial charge is 0.383 e. The summed E-state index contributed by atoms with van der Waals surface area (Å²) >= 11 is 1.36. The topological polar surface area (TPSA) is 49.3 Å². The molecule has 22 heavy (non-hydrogen) atoms. The number of amides is 1. The standard InChI is InChI=1S/C15H14F3NO2S/c1-14(21,12-3-2-8-22-12)9-19-13(20)10-4-6-11(7-5-10)15(16,17)18/h2-8,21H,9H2,1H3,(H,19,20)/t14-/m1/s1. The van der Waals surface area contributed by atoms with Crippen LogP contribution >= 0.6 is 11.3 Å². The fourth-order valence-electron chi connectivity index (χ4n) is 1.84. The molecule has 0 aliphatic heterocycles. The molecule has 2 aromatic rings. The number of benzene rings is 1. The SMILES string of the molecule is C[C@@](O)(CNC(=O)c1ccc(C(F)(F)F)cc1)c1cccs1. The Balaban J connectivity index is 2.01. The Kier molecular flexibility index (Phi) is 4.58. The van der Waals surface area contributed by atoms with Crippen LogP contribution in [0.15, 0.2) is 41.8 Å². The van der Waals surface area contributed by atoms with Gasteiger partial charge in [0, 0.05) is 10.4 Å². The van der Waals surface area contributed by atoms with Gasteiger partial charge >= 0.3 is 6.18 Å². The first kappa shape index (κ1) is 16.5. The molecule has 7 heteroatoms. The number of hydrogen-bond acceptors (Lipinski definition) is 3. The maximum atomic E-state index is 12.4. The lowest BCUT2D eigenvalue weighted by molar-refractivity contribution is -0.137. The van der Waals surface area contributed by atoms with Crippen molar-refractivity contribution in [2.45, 2.75) is 18.7 Å². The lowest BCUT2D eigenvalue weighted by atomic mass is 10.0. The average Bonchev–Trinajstić information content (AvgIpc) is 2.99. The Morgan fingerprint density at radius 3 is 2.36 bits per heavy atom. The molecule has 2 rings (SSSR count). The number of nitrogens with one attached hydrogen (secondary N) is 1. The molecule has 1 atom stereocenters. The van der Waals surface area contributed by atoms with E-state index in [0.29, 0.717) is 4.88 Å². The van der Waals surface area contributed by atoms with Crippen LogP contribution in [0.2, 0.25) is 0 Å². The second-order valence-corrected chi connectivity index (χ2v) is 5.96. The van der Waals surface area contributed by atoms with Gasteiger partial charge in [-0.3, -0.25) is 4.79 Å². The van der Waals surface area contributed by atoms with Crippen LogP contribution in [0, 0.1) is 0 Å². The number of carbonyl (C=O) groups is 1. The van der Waals surface area contributed by atoms with Gasteiger partial charge in [0.05, 0.1) is 12.1 Å². The Hall–Kier alpha value is -1.86. The lowest BCUT2D eigenvalue weighted by Gasteiger charge is -2.22. The van der Waals surface area contributed by atoms with E-state index >= 15 is 0 Å². The van der Waals surface area contributed by atoms with Crippen molar-refractivity contribution in [3.63, 3.8) is 0 Å². The van der Waals surface area contributed by atoms with Crippen LogP contribution in [0.25, 0.3) is 0 Å². The van der Waals surface area contributed by atoms with Gasteiger partial charge in [-0.15, -0.1) is 11.3 Å². The Labute approximate surface area is 129 Å². The molecule has 0 aliphatic carbocycles. The largest absolute Gasteiger partial charge is 0.416 e. The fourth-order valence-corrected chi connectivity index (χ4v) is 2.62. The Morgan fingerprint density at radius 2 is 1.86 bits per heavy atom. The van der Waals surface area contributed by atoms with Gasteiger partial charge in [0.1, 0.15) is 5.60 Å². The molecule has 1 aromatic carbocycles. The Morgan fingerprint density at radius 1 is 1.23 bits per heavy atom. The van der Waals surface area contributed by atoms with Crippen LogP contribution in [0.5, 0.6) is 0 Å². The van der Waals surface area contributed by atoms with Gasteiger partial charge in [-0.2, -0.15) is 13.2 Å². The quantitative estimate of drug-likeness (QED) is 0.903. The highest BCUT2D eigenvalue weighted by molar-refractivity contribution is 7.10. The van der Waals surface area contributed by atoms with Crippen LogP contribution in [0.1, 0.15) is 27.7 Å². The number of halogens is 3. The summed E-state index contributed by atoms with van der Waals surface area (Å²) in [5, 5.41) is 14.6. The van der Waals surface area contributed by atoms with Gasteiger partial charge in [0.2, 0.25) is 0 Å². The molecule has 1 heterocycles. The molecule has 118 valence electrons. The van der Waals surface area contributed by atoms with Crippen LogP contribution in [-0.2, 0) is 11.8 Å². The molecule has 0 bridgehead atoms. The minimum absolute atomic E-state index is 0.0344. The second-order valence-electron chi connectivity index (χ2n) is 5.01. The molecular weight excluding hydrogens is 315 g/mol. The zero-order valence-corrected chi connectivity index (χ0v) is 12.5. The number of rotatable bonds is 4. The van der Waals surface area contributed by atoms with Crippen LogP contribution in [0.4, 0.5) is 13.2 Å². The van der Waals surface area contributed by atoms with Gasteiger partial charge in [-0.05, 0) is 42.6 Å². The summed E-state index contributed by atoms with van der Waals surface area (Å²) in [6.07, 6.45) is -4.43. The van der Waals surface area contributed by atoms with Crippen molar-refractivity contribution in [3.05, 3.63) is 57.8 Å². The molecule has 0 unspecified atom stereocenters. The monoisotopic (exact) mass is 329 g/mol. The van der Waals surface area contributed by atoms with E-state index in [1.54, 1.807) is 19.1 Å². The number of carbonyl (C=O) groups excluding carboxylic acids is 1. The first-order valence-corrected chi connectivity index (χ1v) is 7.30. The molecule has 2 N–H and O–H groups in total. The highest BCUT2D eigenvalue weighted by Crippen LogP contribution is 2.29. The molecule has 0 radical (unpaired) electrons. The van der Waals surface area contributed by atoms with E-state index in [1.165, 1.54) is 11.3 Å². The van der Waals surface area contributed by atoms with Crippen molar-refractivity contribution in [1.29, 1.82) is 0 Å². The van der Waals surface area contributed by atoms with Crippen molar-refractivity contribution in [2.24, 2.45) is 0 Å². The second kappa shape index (κ2) is 6.10. The highest BCUT2D eigenvalue weighted by atomic mass is 32.1. The number of thiophene rings is 1. The van der Waals surface area contributed by atoms with Gasteiger partial charge in [-0.25, -0.2) is 0 Å². The van der Waals surface area contributed by atoms with Crippen LogP contribution < -0.4 is 5.32 Å². The summed E-state index contributed by atoms with van der Waals surface area (Å²) in [6.45, 7) is 1.53. The molecule has 1 amide bonds. The Bertz CT molecular complexity index is 634. The van der Waals surface area contributed by atoms with Gasteiger partial charge in [-0.1, -0.05) is 6.07 Å².